The van der Waals surface area contributed by atoms with Gasteiger partial charge in [-0.1, -0.05) is 46.6 Å². The smallest absolute Gasteiger partial charge is 0.316 e. The lowest BCUT2D eigenvalue weighted by molar-refractivity contribution is -0.127. The molecule has 2 amide bonds. The van der Waals surface area contributed by atoms with E-state index in [2.05, 4.69) is 20.8 Å². The van der Waals surface area contributed by atoms with Crippen LogP contribution in [0.1, 0.15) is 28.7 Å². The molecule has 0 fully saturated rings. The molecule has 0 aliphatic rings. The van der Waals surface area contributed by atoms with Crippen LogP contribution in [0.25, 0.3) is 11.4 Å². The van der Waals surface area contributed by atoms with Crippen LogP contribution in [0.2, 0.25) is 5.02 Å². The average Bonchev–Trinajstić information content (AvgIpc) is 3.23. The van der Waals surface area contributed by atoms with E-state index < -0.39 is 12.0 Å². The lowest BCUT2D eigenvalue weighted by Crippen LogP contribution is -2.40. The van der Waals surface area contributed by atoms with Gasteiger partial charge in [-0.05, 0) is 44.5 Å². The number of rotatable bonds is 8. The number of carbonyl (C=O) groups is 2. The van der Waals surface area contributed by atoms with Crippen LogP contribution in [0.3, 0.4) is 0 Å². The topological polar surface area (TPSA) is 106 Å². The van der Waals surface area contributed by atoms with Crippen LogP contribution in [0.15, 0.2) is 47.0 Å². The second kappa shape index (κ2) is 10.1. The number of carbonyl (C=O) groups excluding carboxylic acids is 2. The Labute approximate surface area is 184 Å². The number of amides is 2. The van der Waals surface area contributed by atoms with Gasteiger partial charge in [-0.2, -0.15) is 4.98 Å². The van der Waals surface area contributed by atoms with Crippen molar-refractivity contribution in [3.05, 3.63) is 64.5 Å². The summed E-state index contributed by atoms with van der Waals surface area (Å²) in [7, 11) is 0. The van der Waals surface area contributed by atoms with Gasteiger partial charge in [0, 0.05) is 23.7 Å². The van der Waals surface area contributed by atoms with Crippen molar-refractivity contribution in [3.8, 4) is 17.1 Å². The Morgan fingerprint density at radius 3 is 2.52 bits per heavy atom. The number of aromatic nitrogens is 2. The summed E-state index contributed by atoms with van der Waals surface area (Å²) in [4.78, 5) is 28.5. The van der Waals surface area contributed by atoms with Gasteiger partial charge in [-0.15, -0.1) is 0 Å². The van der Waals surface area contributed by atoms with Crippen LogP contribution < -0.4 is 15.4 Å². The van der Waals surface area contributed by atoms with Crippen LogP contribution in [-0.2, 0) is 4.79 Å². The maximum absolute atomic E-state index is 12.2. The van der Waals surface area contributed by atoms with Crippen molar-refractivity contribution < 1.29 is 18.8 Å². The van der Waals surface area contributed by atoms with Crippen LogP contribution in [0, 0.1) is 13.8 Å². The summed E-state index contributed by atoms with van der Waals surface area (Å²) in [5.41, 5.74) is 2.70. The van der Waals surface area contributed by atoms with E-state index in [0.717, 1.165) is 16.7 Å². The van der Waals surface area contributed by atoms with E-state index in [4.69, 9.17) is 20.9 Å². The molecule has 1 aromatic heterocycles. The number of benzene rings is 2. The van der Waals surface area contributed by atoms with Gasteiger partial charge in [0.15, 0.2) is 6.10 Å². The highest BCUT2D eigenvalue weighted by Gasteiger charge is 2.17. The highest BCUT2D eigenvalue weighted by Crippen LogP contribution is 2.22. The molecule has 0 spiro atoms. The van der Waals surface area contributed by atoms with Gasteiger partial charge in [0.2, 0.25) is 5.82 Å². The van der Waals surface area contributed by atoms with Gasteiger partial charge in [0.1, 0.15) is 5.75 Å². The van der Waals surface area contributed by atoms with E-state index in [0.29, 0.717) is 16.6 Å². The molecular weight excluding hydrogens is 420 g/mol. The number of halogens is 1. The summed E-state index contributed by atoms with van der Waals surface area (Å²) in [6, 6.07) is 12.7. The number of ether oxygens (including phenoxy) is 1. The van der Waals surface area contributed by atoms with Gasteiger partial charge in [-0.3, -0.25) is 9.59 Å². The fourth-order valence-electron chi connectivity index (χ4n) is 2.71. The van der Waals surface area contributed by atoms with Crippen molar-refractivity contribution >= 4 is 23.4 Å². The van der Waals surface area contributed by atoms with Gasteiger partial charge in [0.25, 0.3) is 5.91 Å². The molecule has 0 aliphatic carbocycles. The Bertz CT molecular complexity index is 1070. The van der Waals surface area contributed by atoms with E-state index in [-0.39, 0.29) is 24.9 Å². The fraction of sp³-hybridized carbons (Fsp3) is 0.273. The zero-order chi connectivity index (χ0) is 22.4. The summed E-state index contributed by atoms with van der Waals surface area (Å²) in [5.74, 6) is -0.0379. The van der Waals surface area contributed by atoms with E-state index in [1.54, 1.807) is 25.1 Å². The Morgan fingerprint density at radius 1 is 1.10 bits per heavy atom. The average molecular weight is 443 g/mol. The second-order valence-electron chi connectivity index (χ2n) is 7.01. The maximum atomic E-state index is 12.2. The first-order valence-corrected chi connectivity index (χ1v) is 10.1. The first-order chi connectivity index (χ1) is 14.8. The third-order valence-electron chi connectivity index (χ3n) is 4.45. The Morgan fingerprint density at radius 2 is 1.81 bits per heavy atom. The van der Waals surface area contributed by atoms with E-state index >= 15 is 0 Å². The molecule has 1 heterocycles. The zero-order valence-electron chi connectivity index (χ0n) is 17.4. The normalized spacial score (nSPS) is 11.6. The molecule has 0 radical (unpaired) electrons. The summed E-state index contributed by atoms with van der Waals surface area (Å²) in [5, 5.41) is 9.76. The van der Waals surface area contributed by atoms with Gasteiger partial charge < -0.3 is 19.9 Å². The minimum atomic E-state index is -0.705. The molecule has 162 valence electrons. The Hall–Kier alpha value is -3.39. The molecule has 9 heteroatoms. The number of hydrogen-bond acceptors (Lipinski definition) is 6. The van der Waals surface area contributed by atoms with Gasteiger partial charge >= 0.3 is 11.8 Å². The van der Waals surface area contributed by atoms with Crippen LogP contribution in [-0.4, -0.2) is 41.1 Å². The second-order valence-corrected chi connectivity index (χ2v) is 7.44. The number of aryl methyl sites for hydroxylation is 2. The highest BCUT2D eigenvalue weighted by molar-refractivity contribution is 6.30. The molecule has 31 heavy (non-hydrogen) atoms. The van der Waals surface area contributed by atoms with Gasteiger partial charge in [0.05, 0.1) is 0 Å². The molecule has 3 rings (SSSR count). The number of nitrogens with zero attached hydrogens (tertiary/aromatic N) is 2. The molecule has 2 aromatic carbocycles. The minimum absolute atomic E-state index is 0.142. The highest BCUT2D eigenvalue weighted by atomic mass is 35.5. The van der Waals surface area contributed by atoms with Crippen molar-refractivity contribution in [2.24, 2.45) is 0 Å². The fourth-order valence-corrected chi connectivity index (χ4v) is 2.93. The largest absolute Gasteiger partial charge is 0.481 e. The molecule has 2 N–H and O–H groups in total. The summed E-state index contributed by atoms with van der Waals surface area (Å²) in [6.07, 6.45) is -0.705. The Balaban J connectivity index is 1.43. The van der Waals surface area contributed by atoms with Crippen LogP contribution in [0.4, 0.5) is 0 Å². The third kappa shape index (κ3) is 6.05. The molecule has 8 nitrogen and oxygen atoms in total. The van der Waals surface area contributed by atoms with Gasteiger partial charge in [-0.25, -0.2) is 0 Å². The predicted molar refractivity (Wildman–Crippen MR) is 116 cm³/mol. The summed E-state index contributed by atoms with van der Waals surface area (Å²) in [6.45, 7) is 5.88. The molecule has 3 aromatic rings. The molecule has 1 unspecified atom stereocenters. The SMILES string of the molecule is Cc1ccc(-c2noc(C(=O)NCCNC(=O)C(C)Oc3ccc(Cl)cc3C)n2)cc1. The van der Waals surface area contributed by atoms with Crippen LogP contribution >= 0.6 is 11.6 Å². The quantitative estimate of drug-likeness (QED) is 0.518. The van der Waals surface area contributed by atoms with Crippen molar-refractivity contribution in [2.45, 2.75) is 26.9 Å². The molecule has 1 atom stereocenters. The molecule has 0 bridgehead atoms. The summed E-state index contributed by atoms with van der Waals surface area (Å²) < 4.78 is 10.7. The lowest BCUT2D eigenvalue weighted by atomic mass is 10.1. The van der Waals surface area contributed by atoms with Crippen LogP contribution in [0.5, 0.6) is 5.75 Å². The monoisotopic (exact) mass is 442 g/mol. The summed E-state index contributed by atoms with van der Waals surface area (Å²) >= 11 is 5.92. The van der Waals surface area contributed by atoms with Crippen molar-refractivity contribution in [3.63, 3.8) is 0 Å². The minimum Gasteiger partial charge on any atom is -0.481 e. The van der Waals surface area contributed by atoms with Crippen molar-refractivity contribution in [2.75, 3.05) is 13.1 Å². The maximum Gasteiger partial charge on any atom is 0.316 e. The van der Waals surface area contributed by atoms with E-state index in [1.807, 2.05) is 38.1 Å². The first-order valence-electron chi connectivity index (χ1n) is 9.73. The van der Waals surface area contributed by atoms with E-state index in [9.17, 15) is 9.59 Å². The standard InChI is InChI=1S/C22H23ClN4O4/c1-13-4-6-16(7-5-13)19-26-22(31-27-19)21(29)25-11-10-24-20(28)15(3)30-18-9-8-17(23)12-14(18)2/h4-9,12,15H,10-11H2,1-3H3,(H,24,28)(H,25,29). The lowest BCUT2D eigenvalue weighted by Gasteiger charge is -2.16. The first kappa shape index (κ1) is 22.3. The predicted octanol–water partition coefficient (Wildman–Crippen LogP) is 3.32. The zero-order valence-corrected chi connectivity index (χ0v) is 18.2. The molecule has 0 saturated carbocycles. The molecule has 0 aliphatic heterocycles. The molecular formula is C22H23ClN4O4. The molecule has 0 saturated heterocycles. The third-order valence-corrected chi connectivity index (χ3v) is 4.68. The number of nitrogens with one attached hydrogen (secondary N) is 2. The Kier molecular flexibility index (Phi) is 7.25. The van der Waals surface area contributed by atoms with Crippen molar-refractivity contribution in [1.82, 2.24) is 20.8 Å². The number of hydrogen-bond donors (Lipinski definition) is 2. The van der Waals surface area contributed by atoms with E-state index in [1.165, 1.54) is 0 Å². The van der Waals surface area contributed by atoms with Crippen molar-refractivity contribution in [1.29, 1.82) is 0 Å².